The SMILES string of the molecule is Cc1nn(Cc2ccc(C(=O)Nc3ccc(NC(=O)c4ccn(C)n4)cc3)o2)c(C)c1Cl. The first-order chi connectivity index (χ1) is 15.3. The van der Waals surface area contributed by atoms with Crippen LogP contribution in [0.25, 0.3) is 0 Å². The normalized spacial score (nSPS) is 10.9. The summed E-state index contributed by atoms with van der Waals surface area (Å²) in [6.45, 7) is 4.08. The molecule has 0 aliphatic carbocycles. The smallest absolute Gasteiger partial charge is 0.291 e. The number of hydrogen-bond donors (Lipinski definition) is 2. The molecular formula is C22H21ClN6O3. The zero-order chi connectivity index (χ0) is 22.8. The lowest BCUT2D eigenvalue weighted by atomic mass is 10.2. The van der Waals surface area contributed by atoms with Crippen molar-refractivity contribution in [2.24, 2.45) is 7.05 Å². The van der Waals surface area contributed by atoms with Crippen LogP contribution in [-0.4, -0.2) is 31.4 Å². The maximum Gasteiger partial charge on any atom is 0.291 e. The highest BCUT2D eigenvalue weighted by atomic mass is 35.5. The highest BCUT2D eigenvalue weighted by molar-refractivity contribution is 6.31. The van der Waals surface area contributed by atoms with Gasteiger partial charge in [-0.05, 0) is 56.3 Å². The number of halogens is 1. The number of anilines is 2. The van der Waals surface area contributed by atoms with Crippen molar-refractivity contribution in [3.63, 3.8) is 0 Å². The highest BCUT2D eigenvalue weighted by Crippen LogP contribution is 2.21. The summed E-state index contributed by atoms with van der Waals surface area (Å²) in [6.07, 6.45) is 1.69. The molecule has 4 rings (SSSR count). The lowest BCUT2D eigenvalue weighted by molar-refractivity contribution is 0.0992. The number of nitrogens with zero attached hydrogens (tertiary/aromatic N) is 4. The monoisotopic (exact) mass is 452 g/mol. The summed E-state index contributed by atoms with van der Waals surface area (Å²) in [4.78, 5) is 24.7. The number of aromatic nitrogens is 4. The van der Waals surface area contributed by atoms with Crippen LogP contribution < -0.4 is 10.6 Å². The summed E-state index contributed by atoms with van der Waals surface area (Å²) in [7, 11) is 1.74. The van der Waals surface area contributed by atoms with Gasteiger partial charge in [0.15, 0.2) is 11.5 Å². The summed E-state index contributed by atoms with van der Waals surface area (Å²) < 4.78 is 8.96. The van der Waals surface area contributed by atoms with E-state index in [4.69, 9.17) is 16.0 Å². The van der Waals surface area contributed by atoms with E-state index in [-0.39, 0.29) is 17.6 Å². The molecule has 0 aliphatic rings. The second-order valence-electron chi connectivity index (χ2n) is 7.27. The molecule has 0 saturated carbocycles. The summed E-state index contributed by atoms with van der Waals surface area (Å²) in [6, 6.07) is 11.7. The van der Waals surface area contributed by atoms with Crippen molar-refractivity contribution in [1.29, 1.82) is 0 Å². The Morgan fingerprint density at radius 3 is 2.19 bits per heavy atom. The van der Waals surface area contributed by atoms with E-state index in [2.05, 4.69) is 20.8 Å². The molecule has 0 bridgehead atoms. The molecule has 1 aromatic carbocycles. The van der Waals surface area contributed by atoms with Gasteiger partial charge in [0.2, 0.25) is 0 Å². The number of rotatable bonds is 6. The van der Waals surface area contributed by atoms with E-state index in [0.717, 1.165) is 11.4 Å². The Morgan fingerprint density at radius 2 is 1.62 bits per heavy atom. The first-order valence-corrected chi connectivity index (χ1v) is 10.2. The molecule has 0 fully saturated rings. The van der Waals surface area contributed by atoms with Gasteiger partial charge in [-0.2, -0.15) is 10.2 Å². The van der Waals surface area contributed by atoms with Crippen molar-refractivity contribution in [1.82, 2.24) is 19.6 Å². The van der Waals surface area contributed by atoms with Crippen LogP contribution in [0, 0.1) is 13.8 Å². The minimum absolute atomic E-state index is 0.181. The van der Waals surface area contributed by atoms with Gasteiger partial charge in [0, 0.05) is 24.6 Å². The lowest BCUT2D eigenvalue weighted by Gasteiger charge is -2.06. The van der Waals surface area contributed by atoms with E-state index < -0.39 is 0 Å². The molecule has 3 heterocycles. The Bertz CT molecular complexity index is 1290. The Balaban J connectivity index is 1.36. The fraction of sp³-hybridized carbons (Fsp3) is 0.182. The molecule has 3 aromatic heterocycles. The molecule has 9 nitrogen and oxygen atoms in total. The standard InChI is InChI=1S/C22H21ClN6O3/c1-13-20(23)14(2)29(26-13)12-17-8-9-19(32-17)22(31)25-16-6-4-15(5-7-16)24-21(30)18-10-11-28(3)27-18/h4-11H,12H2,1-3H3,(H,24,30)(H,25,31). The average molecular weight is 453 g/mol. The Kier molecular flexibility index (Phi) is 5.83. The van der Waals surface area contributed by atoms with E-state index in [1.165, 1.54) is 0 Å². The second kappa shape index (κ2) is 8.72. The topological polar surface area (TPSA) is 107 Å². The van der Waals surface area contributed by atoms with Crippen LogP contribution >= 0.6 is 11.6 Å². The first kappa shape index (κ1) is 21.4. The molecule has 10 heteroatoms. The van der Waals surface area contributed by atoms with E-state index >= 15 is 0 Å². The highest BCUT2D eigenvalue weighted by Gasteiger charge is 2.15. The van der Waals surface area contributed by atoms with Gasteiger partial charge in [-0.3, -0.25) is 19.0 Å². The largest absolute Gasteiger partial charge is 0.454 e. The third-order valence-corrected chi connectivity index (χ3v) is 5.38. The van der Waals surface area contributed by atoms with Gasteiger partial charge in [-0.25, -0.2) is 0 Å². The van der Waals surface area contributed by atoms with Crippen molar-refractivity contribution < 1.29 is 14.0 Å². The minimum atomic E-state index is -0.382. The van der Waals surface area contributed by atoms with E-state index in [9.17, 15) is 9.59 Å². The van der Waals surface area contributed by atoms with Crippen molar-refractivity contribution in [2.75, 3.05) is 10.6 Å². The summed E-state index contributed by atoms with van der Waals surface area (Å²) in [5.41, 5.74) is 3.05. The van der Waals surface area contributed by atoms with Crippen LogP contribution in [0.15, 0.2) is 53.1 Å². The molecule has 2 amide bonds. The van der Waals surface area contributed by atoms with Crippen LogP contribution in [0.1, 0.15) is 38.2 Å². The molecule has 164 valence electrons. The Hall–Kier alpha value is -3.85. The number of furan rings is 1. The number of amides is 2. The molecule has 0 radical (unpaired) electrons. The zero-order valence-electron chi connectivity index (χ0n) is 17.7. The van der Waals surface area contributed by atoms with E-state index in [0.29, 0.717) is 34.4 Å². The first-order valence-electron chi connectivity index (χ1n) is 9.81. The second-order valence-corrected chi connectivity index (χ2v) is 7.65. The van der Waals surface area contributed by atoms with Crippen LogP contribution in [0.3, 0.4) is 0 Å². The molecule has 32 heavy (non-hydrogen) atoms. The van der Waals surface area contributed by atoms with Gasteiger partial charge in [0.05, 0.1) is 23.0 Å². The molecule has 0 atom stereocenters. The Labute approximate surface area is 189 Å². The fourth-order valence-corrected chi connectivity index (χ4v) is 3.26. The molecule has 0 spiro atoms. The average Bonchev–Trinajstić information content (AvgIpc) is 3.47. The summed E-state index contributed by atoms with van der Waals surface area (Å²) in [5, 5.41) is 14.6. The quantitative estimate of drug-likeness (QED) is 0.459. The number of nitrogens with one attached hydrogen (secondary N) is 2. The maximum absolute atomic E-state index is 12.5. The predicted octanol–water partition coefficient (Wildman–Crippen LogP) is 4.03. The third-order valence-electron chi connectivity index (χ3n) is 4.83. The molecule has 0 aliphatic heterocycles. The van der Waals surface area contributed by atoms with E-state index in [1.807, 2.05) is 13.8 Å². The molecular weight excluding hydrogens is 432 g/mol. The number of carbonyl (C=O) groups is 2. The van der Waals surface area contributed by atoms with Crippen molar-refractivity contribution >= 4 is 34.8 Å². The van der Waals surface area contributed by atoms with E-state index in [1.54, 1.807) is 65.1 Å². The minimum Gasteiger partial charge on any atom is -0.454 e. The van der Waals surface area contributed by atoms with Gasteiger partial charge in [-0.15, -0.1) is 0 Å². The third kappa shape index (κ3) is 4.57. The Morgan fingerprint density at radius 1 is 0.969 bits per heavy atom. The van der Waals surface area contributed by atoms with Gasteiger partial charge < -0.3 is 15.1 Å². The summed E-state index contributed by atoms with van der Waals surface area (Å²) in [5.74, 6) is 0.0764. The molecule has 4 aromatic rings. The van der Waals surface area contributed by atoms with Crippen LogP contribution in [0.5, 0.6) is 0 Å². The van der Waals surface area contributed by atoms with Crippen molar-refractivity contribution in [2.45, 2.75) is 20.4 Å². The molecule has 0 unspecified atom stereocenters. The summed E-state index contributed by atoms with van der Waals surface area (Å²) >= 11 is 6.18. The van der Waals surface area contributed by atoms with Gasteiger partial charge in [0.25, 0.3) is 11.8 Å². The fourth-order valence-electron chi connectivity index (χ4n) is 3.12. The lowest BCUT2D eigenvalue weighted by Crippen LogP contribution is -2.13. The maximum atomic E-state index is 12.5. The van der Waals surface area contributed by atoms with Gasteiger partial charge in [0.1, 0.15) is 5.76 Å². The zero-order valence-corrected chi connectivity index (χ0v) is 18.5. The van der Waals surface area contributed by atoms with Crippen LogP contribution in [0.2, 0.25) is 5.02 Å². The van der Waals surface area contributed by atoms with Gasteiger partial charge >= 0.3 is 0 Å². The number of aryl methyl sites for hydroxylation is 2. The number of hydrogen-bond acceptors (Lipinski definition) is 5. The number of benzene rings is 1. The van der Waals surface area contributed by atoms with Crippen molar-refractivity contribution in [3.05, 3.63) is 82.3 Å². The van der Waals surface area contributed by atoms with Crippen LogP contribution in [-0.2, 0) is 13.6 Å². The van der Waals surface area contributed by atoms with Gasteiger partial charge in [-0.1, -0.05) is 11.6 Å². The predicted molar refractivity (Wildman–Crippen MR) is 120 cm³/mol. The molecule has 0 saturated heterocycles. The van der Waals surface area contributed by atoms with Crippen LogP contribution in [0.4, 0.5) is 11.4 Å². The molecule has 2 N–H and O–H groups in total. The number of carbonyl (C=O) groups excluding carboxylic acids is 2. The van der Waals surface area contributed by atoms with Crippen molar-refractivity contribution in [3.8, 4) is 0 Å².